The number of amides is 7. The van der Waals surface area contributed by atoms with E-state index in [9.17, 15) is 53.7 Å². The van der Waals surface area contributed by atoms with E-state index in [2.05, 4.69) is 39.2 Å². The average molecular weight is 735 g/mol. The molecule has 13 N–H and O–H groups in total. The van der Waals surface area contributed by atoms with Crippen LogP contribution in [0.4, 0.5) is 0 Å². The molecule has 20 nitrogen and oxygen atoms in total. The molecule has 8 atom stereocenters. The molecule has 0 radical (unpaired) electrons. The summed E-state index contributed by atoms with van der Waals surface area (Å²) < 4.78 is 0. The first-order valence-corrected chi connectivity index (χ1v) is 16.6. The number of aliphatic carboxylic acids is 1. The predicted molar refractivity (Wildman–Crippen MR) is 178 cm³/mol. The monoisotopic (exact) mass is 734 g/mol. The maximum atomic E-state index is 13.8. The molecular weight excluding hydrogens is 684 g/mol. The lowest BCUT2D eigenvalue weighted by Crippen LogP contribution is -2.60. The molecule has 1 aliphatic rings. The van der Waals surface area contributed by atoms with Crippen LogP contribution < -0.4 is 38.1 Å². The van der Waals surface area contributed by atoms with Crippen molar-refractivity contribution in [3.8, 4) is 0 Å². The van der Waals surface area contributed by atoms with Gasteiger partial charge in [0.2, 0.25) is 41.4 Å². The van der Waals surface area contributed by atoms with Gasteiger partial charge in [0.1, 0.15) is 36.3 Å². The highest BCUT2D eigenvalue weighted by Gasteiger charge is 2.40. The van der Waals surface area contributed by atoms with Gasteiger partial charge in [-0.25, -0.2) is 4.79 Å². The highest BCUT2D eigenvalue weighted by atomic mass is 32.1. The normalized spacial score (nSPS) is 18.4. The van der Waals surface area contributed by atoms with E-state index < -0.39 is 109 Å². The Hall–Kier alpha value is -4.05. The number of nitrogens with zero attached hydrogens (tertiary/aromatic N) is 1. The SMILES string of the molecule is CC(C)C[C@H](NC(=O)[C@H](CO)NC(=O)[C@H](CS)NC(=O)[C@@H](N)CO)C(=O)N1CCC[C@H]1C(=O)N[C@@H](CCC(N)=O)C(=O)N[C@H](C(=O)O)[C@@H](C)O. The maximum absolute atomic E-state index is 13.8. The van der Waals surface area contributed by atoms with E-state index in [1.807, 2.05) is 0 Å². The number of carboxylic acid groups (broad SMARTS) is 1. The van der Waals surface area contributed by atoms with Crippen molar-refractivity contribution in [1.29, 1.82) is 0 Å². The van der Waals surface area contributed by atoms with Crippen LogP contribution in [0.1, 0.15) is 52.9 Å². The third kappa shape index (κ3) is 13.7. The molecule has 0 aromatic heterocycles. The Morgan fingerprint density at radius 2 is 1.38 bits per heavy atom. The van der Waals surface area contributed by atoms with Gasteiger partial charge in [-0.1, -0.05) is 13.8 Å². The van der Waals surface area contributed by atoms with Gasteiger partial charge < -0.3 is 63.4 Å². The van der Waals surface area contributed by atoms with E-state index in [4.69, 9.17) is 16.6 Å². The summed E-state index contributed by atoms with van der Waals surface area (Å²) in [6.07, 6.45) is -1.58. The third-order valence-electron chi connectivity index (χ3n) is 7.68. The Morgan fingerprint density at radius 3 is 1.88 bits per heavy atom. The molecule has 1 rings (SSSR count). The van der Waals surface area contributed by atoms with Gasteiger partial charge in [-0.2, -0.15) is 12.6 Å². The first kappa shape index (κ1) is 44.0. The third-order valence-corrected chi connectivity index (χ3v) is 8.05. The highest BCUT2D eigenvalue weighted by Crippen LogP contribution is 2.21. The van der Waals surface area contributed by atoms with Crippen LogP contribution in [0, 0.1) is 5.92 Å². The molecule has 284 valence electrons. The van der Waals surface area contributed by atoms with Crippen molar-refractivity contribution in [1.82, 2.24) is 31.5 Å². The van der Waals surface area contributed by atoms with E-state index in [1.54, 1.807) is 13.8 Å². The summed E-state index contributed by atoms with van der Waals surface area (Å²) in [5, 5.41) is 49.6. The minimum Gasteiger partial charge on any atom is -0.480 e. The fourth-order valence-electron chi connectivity index (χ4n) is 4.96. The first-order chi connectivity index (χ1) is 23.4. The van der Waals surface area contributed by atoms with Gasteiger partial charge >= 0.3 is 5.97 Å². The molecule has 1 aliphatic heterocycles. The van der Waals surface area contributed by atoms with Gasteiger partial charge in [0.05, 0.1) is 19.3 Å². The van der Waals surface area contributed by atoms with E-state index in [-0.39, 0.29) is 43.9 Å². The Balaban J connectivity index is 3.15. The van der Waals surface area contributed by atoms with Crippen molar-refractivity contribution in [3.05, 3.63) is 0 Å². The van der Waals surface area contributed by atoms with Crippen LogP contribution in [0.3, 0.4) is 0 Å². The van der Waals surface area contributed by atoms with Crippen molar-refractivity contribution in [2.75, 3.05) is 25.5 Å². The number of aliphatic hydroxyl groups is 3. The Morgan fingerprint density at radius 1 is 0.820 bits per heavy atom. The summed E-state index contributed by atoms with van der Waals surface area (Å²) >= 11 is 4.01. The van der Waals surface area contributed by atoms with Crippen LogP contribution in [0.25, 0.3) is 0 Å². The van der Waals surface area contributed by atoms with E-state index in [0.29, 0.717) is 6.42 Å². The second-order valence-electron chi connectivity index (χ2n) is 12.3. The van der Waals surface area contributed by atoms with E-state index >= 15 is 0 Å². The Labute approximate surface area is 294 Å². The van der Waals surface area contributed by atoms with Crippen LogP contribution in [-0.4, -0.2) is 147 Å². The summed E-state index contributed by atoms with van der Waals surface area (Å²) in [7, 11) is 0. The number of carbonyl (C=O) groups is 8. The maximum Gasteiger partial charge on any atom is 0.328 e. The number of nitrogens with two attached hydrogens (primary N) is 2. The molecule has 50 heavy (non-hydrogen) atoms. The molecule has 1 saturated heterocycles. The second-order valence-corrected chi connectivity index (χ2v) is 12.7. The number of primary amides is 1. The van der Waals surface area contributed by atoms with Crippen LogP contribution in [-0.2, 0) is 38.4 Å². The number of rotatable bonds is 21. The average Bonchev–Trinajstić information content (AvgIpc) is 3.54. The number of carboxylic acids is 1. The van der Waals surface area contributed by atoms with Crippen LogP contribution in [0.2, 0.25) is 0 Å². The number of aliphatic hydroxyl groups excluding tert-OH is 3. The van der Waals surface area contributed by atoms with Crippen LogP contribution >= 0.6 is 12.6 Å². The summed E-state index contributed by atoms with van der Waals surface area (Å²) in [5.74, 6) is -7.96. The molecule has 7 amide bonds. The number of thiol groups is 1. The number of carbonyl (C=O) groups excluding carboxylic acids is 7. The Kier molecular flexibility index (Phi) is 18.7. The number of nitrogens with one attached hydrogen (secondary N) is 5. The lowest BCUT2D eigenvalue weighted by molar-refractivity contribution is -0.146. The molecule has 0 aliphatic carbocycles. The zero-order valence-corrected chi connectivity index (χ0v) is 29.1. The second kappa shape index (κ2) is 21.2. The van der Waals surface area contributed by atoms with Crippen LogP contribution in [0.15, 0.2) is 0 Å². The quantitative estimate of drug-likeness (QED) is 0.0490. The lowest BCUT2D eigenvalue weighted by Gasteiger charge is -2.31. The Bertz CT molecular complexity index is 1240. The lowest BCUT2D eigenvalue weighted by atomic mass is 10.0. The molecule has 0 spiro atoms. The first-order valence-electron chi connectivity index (χ1n) is 16.0. The summed E-state index contributed by atoms with van der Waals surface area (Å²) in [6.45, 7) is 3.16. The molecule has 0 bridgehead atoms. The molecule has 1 heterocycles. The van der Waals surface area contributed by atoms with Crippen LogP contribution in [0.5, 0.6) is 0 Å². The van der Waals surface area contributed by atoms with Gasteiger partial charge in [-0.15, -0.1) is 0 Å². The minimum atomic E-state index is -1.72. The number of hydrogen-bond donors (Lipinski definition) is 12. The molecule has 0 aromatic rings. The summed E-state index contributed by atoms with van der Waals surface area (Å²) in [4.78, 5) is 102. The summed E-state index contributed by atoms with van der Waals surface area (Å²) in [5.41, 5.74) is 10.7. The largest absolute Gasteiger partial charge is 0.480 e. The van der Waals surface area contributed by atoms with Crippen molar-refractivity contribution in [2.45, 2.75) is 101 Å². The predicted octanol–water partition coefficient (Wildman–Crippen LogP) is -5.58. The van der Waals surface area contributed by atoms with Crippen molar-refractivity contribution >= 4 is 59.9 Å². The van der Waals surface area contributed by atoms with Gasteiger partial charge in [0.25, 0.3) is 0 Å². The van der Waals surface area contributed by atoms with Gasteiger partial charge in [0.15, 0.2) is 6.04 Å². The van der Waals surface area contributed by atoms with E-state index in [0.717, 1.165) is 6.92 Å². The zero-order valence-electron chi connectivity index (χ0n) is 28.2. The minimum absolute atomic E-state index is 0.0788. The smallest absolute Gasteiger partial charge is 0.328 e. The van der Waals surface area contributed by atoms with Gasteiger partial charge in [0, 0.05) is 18.7 Å². The van der Waals surface area contributed by atoms with Crippen molar-refractivity contribution < 1.29 is 58.8 Å². The molecule has 0 aromatic carbocycles. The molecular formula is C29H50N8O12S. The topological polar surface area (TPSA) is 333 Å². The van der Waals surface area contributed by atoms with Crippen molar-refractivity contribution in [2.24, 2.45) is 17.4 Å². The fourth-order valence-corrected chi connectivity index (χ4v) is 5.21. The molecule has 1 fully saturated rings. The fraction of sp³-hybridized carbons (Fsp3) is 0.724. The van der Waals surface area contributed by atoms with Gasteiger partial charge in [-0.05, 0) is 38.5 Å². The van der Waals surface area contributed by atoms with E-state index in [1.165, 1.54) is 4.90 Å². The number of hydrogen-bond acceptors (Lipinski definition) is 13. The highest BCUT2D eigenvalue weighted by molar-refractivity contribution is 7.80. The zero-order chi connectivity index (χ0) is 38.3. The molecule has 0 unspecified atom stereocenters. The van der Waals surface area contributed by atoms with Crippen molar-refractivity contribution in [3.63, 3.8) is 0 Å². The van der Waals surface area contributed by atoms with Gasteiger partial charge in [-0.3, -0.25) is 33.6 Å². The number of likely N-dealkylation sites (tertiary alicyclic amines) is 1. The summed E-state index contributed by atoms with van der Waals surface area (Å²) in [6, 6.07) is -9.74. The molecule has 21 heteroatoms. The molecule has 0 saturated carbocycles. The standard InChI is InChI=1S/C29H50N8O12S/c1-13(2)9-17(33-25(44)18(11-39)34-26(45)19(12-50)35-23(42)15(30)10-38)28(47)37-8-4-5-20(37)27(46)32-16(6-7-21(31)41)24(43)36-22(14(3)40)29(48)49/h13-20,22,38-40,50H,4-12,30H2,1-3H3,(H2,31,41)(H,32,46)(H,33,44)(H,34,45)(H,35,42)(H,36,43)(H,48,49)/t14-,15+,16+,17+,18+,19+,20+,22+/m1/s1.